The molecule has 150 valence electrons. The number of aromatic nitrogens is 1. The molecule has 0 unspecified atom stereocenters. The molecule has 4 rings (SSSR count). The van der Waals surface area contributed by atoms with Gasteiger partial charge in [0.1, 0.15) is 10.6 Å². The molecule has 0 aliphatic carbocycles. The monoisotopic (exact) mass is 432 g/mol. The van der Waals surface area contributed by atoms with Gasteiger partial charge in [-0.2, -0.15) is 0 Å². The van der Waals surface area contributed by atoms with Gasteiger partial charge in [0.2, 0.25) is 6.79 Å². The molecular weight excluding hydrogens is 416 g/mol. The van der Waals surface area contributed by atoms with Gasteiger partial charge in [-0.25, -0.2) is 0 Å². The van der Waals surface area contributed by atoms with Crippen molar-refractivity contribution >= 4 is 28.8 Å². The van der Waals surface area contributed by atoms with Gasteiger partial charge in [0.05, 0.1) is 13.7 Å². The van der Waals surface area contributed by atoms with Crippen molar-refractivity contribution in [2.75, 3.05) is 13.9 Å². The molecule has 1 amide bonds. The summed E-state index contributed by atoms with van der Waals surface area (Å²) in [4.78, 5) is 24.9. The summed E-state index contributed by atoms with van der Waals surface area (Å²) in [6, 6.07) is 10.7. The molecule has 2 heterocycles. The topological polar surface area (TPSA) is 78.8 Å². The number of nitrogens with one attached hydrogen (secondary N) is 1. The van der Waals surface area contributed by atoms with E-state index in [-0.39, 0.29) is 24.1 Å². The molecule has 1 N–H and O–H groups in total. The smallest absolute Gasteiger partial charge is 0.308 e. The minimum absolute atomic E-state index is 0.198. The number of carbonyl (C=O) groups is 1. The van der Waals surface area contributed by atoms with Crippen LogP contribution in [-0.2, 0) is 13.1 Å². The molecule has 7 nitrogen and oxygen atoms in total. The van der Waals surface area contributed by atoms with Crippen LogP contribution in [0.1, 0.15) is 20.8 Å². The maximum atomic E-state index is 12.5. The third-order valence-electron chi connectivity index (χ3n) is 4.40. The zero-order chi connectivity index (χ0) is 20.4. The first-order valence-electron chi connectivity index (χ1n) is 8.73. The Hall–Kier alpha value is -2.97. The number of carbonyl (C=O) groups excluding carboxylic acids is 1. The number of hydrogen-bond donors (Lipinski definition) is 1. The third kappa shape index (κ3) is 4.23. The predicted octanol–water partition coefficient (Wildman–Crippen LogP) is 3.28. The molecular formula is C20H17ClN2O5S. The Morgan fingerprint density at radius 1 is 1.24 bits per heavy atom. The molecule has 0 saturated carbocycles. The largest absolute Gasteiger partial charge is 0.496 e. The van der Waals surface area contributed by atoms with E-state index in [1.165, 1.54) is 4.57 Å². The minimum Gasteiger partial charge on any atom is -0.496 e. The number of methoxy groups -OCH3 is 1. The van der Waals surface area contributed by atoms with Gasteiger partial charge in [-0.05, 0) is 35.9 Å². The van der Waals surface area contributed by atoms with E-state index in [0.29, 0.717) is 33.7 Å². The number of thiazole rings is 1. The Kier molecular flexibility index (Phi) is 5.46. The van der Waals surface area contributed by atoms with Crippen molar-refractivity contribution in [2.45, 2.75) is 13.1 Å². The van der Waals surface area contributed by atoms with E-state index in [1.807, 2.05) is 12.1 Å². The van der Waals surface area contributed by atoms with E-state index >= 15 is 0 Å². The van der Waals surface area contributed by atoms with Crippen LogP contribution < -0.4 is 24.4 Å². The molecule has 1 aromatic heterocycles. The van der Waals surface area contributed by atoms with Gasteiger partial charge in [0.25, 0.3) is 5.91 Å². The molecule has 0 radical (unpaired) electrons. The molecule has 0 spiro atoms. The quantitative estimate of drug-likeness (QED) is 0.646. The van der Waals surface area contributed by atoms with Crippen LogP contribution >= 0.6 is 22.9 Å². The fourth-order valence-electron chi connectivity index (χ4n) is 2.96. The Bertz CT molecular complexity index is 1120. The summed E-state index contributed by atoms with van der Waals surface area (Å²) in [5, 5.41) is 3.37. The summed E-state index contributed by atoms with van der Waals surface area (Å²) in [6.07, 6.45) is 1.54. The van der Waals surface area contributed by atoms with E-state index in [2.05, 4.69) is 5.32 Å². The fraction of sp³-hybridized carbons (Fsp3) is 0.200. The zero-order valence-corrected chi connectivity index (χ0v) is 17.0. The zero-order valence-electron chi connectivity index (χ0n) is 15.4. The van der Waals surface area contributed by atoms with E-state index in [9.17, 15) is 9.59 Å². The maximum absolute atomic E-state index is 12.5. The number of hydrogen-bond acceptors (Lipinski definition) is 6. The van der Waals surface area contributed by atoms with Crippen LogP contribution in [-0.4, -0.2) is 24.4 Å². The molecule has 3 aromatic rings. The standard InChI is InChI=1S/C20H17ClN2O5S/c1-26-15-5-3-14(21)7-13(15)9-23-10-18(29-20(23)25)19(24)22-8-12-2-4-16-17(6-12)28-11-27-16/h2-7,10H,8-9,11H2,1H3,(H,22,24). The Balaban J connectivity index is 1.45. The maximum Gasteiger partial charge on any atom is 0.308 e. The van der Waals surface area contributed by atoms with Crippen LogP contribution in [0.2, 0.25) is 5.02 Å². The lowest BCUT2D eigenvalue weighted by molar-refractivity contribution is 0.0954. The van der Waals surface area contributed by atoms with E-state index in [0.717, 1.165) is 22.5 Å². The lowest BCUT2D eigenvalue weighted by Gasteiger charge is -2.09. The first-order chi connectivity index (χ1) is 14.0. The second-order valence-electron chi connectivity index (χ2n) is 6.32. The second kappa shape index (κ2) is 8.18. The average Bonchev–Trinajstić information content (AvgIpc) is 3.32. The van der Waals surface area contributed by atoms with Gasteiger partial charge in [-0.1, -0.05) is 29.0 Å². The Labute approximate surface area is 175 Å². The summed E-state index contributed by atoms with van der Waals surface area (Å²) in [7, 11) is 1.55. The highest BCUT2D eigenvalue weighted by Crippen LogP contribution is 2.32. The van der Waals surface area contributed by atoms with E-state index in [1.54, 1.807) is 37.6 Å². The molecule has 0 atom stereocenters. The summed E-state index contributed by atoms with van der Waals surface area (Å²) in [5.74, 6) is 1.65. The molecule has 1 aliphatic rings. The molecule has 2 aromatic carbocycles. The molecule has 0 saturated heterocycles. The lowest BCUT2D eigenvalue weighted by Crippen LogP contribution is -2.21. The van der Waals surface area contributed by atoms with Gasteiger partial charge in [-0.3, -0.25) is 9.59 Å². The summed E-state index contributed by atoms with van der Waals surface area (Å²) in [5.41, 5.74) is 1.63. The van der Waals surface area contributed by atoms with Gasteiger partial charge >= 0.3 is 4.87 Å². The molecule has 0 bridgehead atoms. The third-order valence-corrected chi connectivity index (χ3v) is 5.56. The highest BCUT2D eigenvalue weighted by Gasteiger charge is 2.16. The Morgan fingerprint density at radius 3 is 2.90 bits per heavy atom. The summed E-state index contributed by atoms with van der Waals surface area (Å²) < 4.78 is 17.4. The van der Waals surface area contributed by atoms with Crippen molar-refractivity contribution in [3.05, 3.63) is 73.3 Å². The Morgan fingerprint density at radius 2 is 2.07 bits per heavy atom. The van der Waals surface area contributed by atoms with Crippen molar-refractivity contribution in [3.8, 4) is 17.2 Å². The van der Waals surface area contributed by atoms with Crippen LogP contribution in [0.4, 0.5) is 0 Å². The number of nitrogens with zero attached hydrogens (tertiary/aromatic N) is 1. The normalized spacial score (nSPS) is 12.1. The van der Waals surface area contributed by atoms with Crippen LogP contribution in [0.25, 0.3) is 0 Å². The highest BCUT2D eigenvalue weighted by atomic mass is 35.5. The molecule has 0 fully saturated rings. The van der Waals surface area contributed by atoms with Crippen molar-refractivity contribution in [2.24, 2.45) is 0 Å². The van der Waals surface area contributed by atoms with Crippen molar-refractivity contribution in [3.63, 3.8) is 0 Å². The minimum atomic E-state index is -0.318. The van der Waals surface area contributed by atoms with Crippen molar-refractivity contribution in [1.82, 2.24) is 9.88 Å². The first kappa shape index (κ1) is 19.4. The van der Waals surface area contributed by atoms with Gasteiger partial charge < -0.3 is 24.1 Å². The van der Waals surface area contributed by atoms with Gasteiger partial charge in [0.15, 0.2) is 11.5 Å². The van der Waals surface area contributed by atoms with E-state index in [4.69, 9.17) is 25.8 Å². The highest BCUT2D eigenvalue weighted by molar-refractivity contribution is 7.11. The molecule has 1 aliphatic heterocycles. The molecule has 9 heteroatoms. The van der Waals surface area contributed by atoms with Crippen LogP contribution in [0.3, 0.4) is 0 Å². The number of ether oxygens (including phenoxy) is 3. The van der Waals surface area contributed by atoms with Crippen molar-refractivity contribution < 1.29 is 19.0 Å². The number of benzene rings is 2. The SMILES string of the molecule is COc1ccc(Cl)cc1Cn1cc(C(=O)NCc2ccc3c(c2)OCO3)sc1=O. The number of amides is 1. The van der Waals surface area contributed by atoms with Crippen LogP contribution in [0.15, 0.2) is 47.4 Å². The second-order valence-corrected chi connectivity index (χ2v) is 7.75. The average molecular weight is 433 g/mol. The molecule has 29 heavy (non-hydrogen) atoms. The summed E-state index contributed by atoms with van der Waals surface area (Å²) >= 11 is 6.94. The fourth-order valence-corrected chi connectivity index (χ4v) is 3.93. The van der Waals surface area contributed by atoms with Crippen LogP contribution in [0, 0.1) is 0 Å². The van der Waals surface area contributed by atoms with Gasteiger partial charge in [-0.15, -0.1) is 0 Å². The number of halogens is 1. The lowest BCUT2D eigenvalue weighted by atomic mass is 10.2. The van der Waals surface area contributed by atoms with Crippen molar-refractivity contribution in [1.29, 1.82) is 0 Å². The first-order valence-corrected chi connectivity index (χ1v) is 9.92. The van der Waals surface area contributed by atoms with Crippen LogP contribution in [0.5, 0.6) is 17.2 Å². The predicted molar refractivity (Wildman–Crippen MR) is 109 cm³/mol. The van der Waals surface area contributed by atoms with E-state index < -0.39 is 0 Å². The summed E-state index contributed by atoms with van der Waals surface area (Å²) in [6.45, 7) is 0.766. The number of fused-ring (bicyclic) bond motifs is 1. The number of rotatable bonds is 6. The van der Waals surface area contributed by atoms with Gasteiger partial charge in [0, 0.05) is 23.3 Å².